The van der Waals surface area contributed by atoms with Gasteiger partial charge < -0.3 is 4.48 Å². The molecule has 0 saturated carbocycles. The van der Waals surface area contributed by atoms with E-state index in [0.29, 0.717) is 31.3 Å². The highest BCUT2D eigenvalue weighted by Crippen LogP contribution is 2.36. The van der Waals surface area contributed by atoms with Gasteiger partial charge in [0.15, 0.2) is 0 Å². The Morgan fingerprint density at radius 3 is 2.38 bits per heavy atom. The summed E-state index contributed by atoms with van der Waals surface area (Å²) in [5.41, 5.74) is 0. The summed E-state index contributed by atoms with van der Waals surface area (Å²) in [5.74, 6) is 0.661. The van der Waals surface area contributed by atoms with E-state index in [2.05, 4.69) is 7.05 Å². The average molecular weight is 407 g/mol. The van der Waals surface area contributed by atoms with Gasteiger partial charge >= 0.3 is 0 Å². The van der Waals surface area contributed by atoms with Crippen molar-refractivity contribution in [1.82, 2.24) is 4.90 Å². The molecule has 120 valence electrons. The van der Waals surface area contributed by atoms with Crippen molar-refractivity contribution in [1.29, 1.82) is 0 Å². The molecule has 2 amide bonds. The molecule has 0 radical (unpaired) electrons. The number of fused-ring (bicyclic) bond motifs is 1. The van der Waals surface area contributed by atoms with E-state index in [-0.39, 0.29) is 35.8 Å². The molecular formula is C16H28IN2O2+. The molecule has 3 fully saturated rings. The maximum absolute atomic E-state index is 12.0. The van der Waals surface area contributed by atoms with Crippen molar-refractivity contribution in [2.24, 2.45) is 5.92 Å². The average Bonchev–Trinajstić information content (AvgIpc) is 2.42. The second-order valence-electron chi connectivity index (χ2n) is 7.14. The number of piperidine rings is 3. The van der Waals surface area contributed by atoms with Crippen LogP contribution in [0.25, 0.3) is 0 Å². The zero-order valence-electron chi connectivity index (χ0n) is 13.1. The molecule has 3 aliphatic rings. The zero-order valence-corrected chi connectivity index (χ0v) is 15.4. The van der Waals surface area contributed by atoms with Gasteiger partial charge in [-0.2, -0.15) is 0 Å². The van der Waals surface area contributed by atoms with Gasteiger partial charge in [-0.3, -0.25) is 14.5 Å². The second-order valence-corrected chi connectivity index (χ2v) is 7.14. The monoisotopic (exact) mass is 407 g/mol. The van der Waals surface area contributed by atoms with Crippen LogP contribution in [0.1, 0.15) is 51.4 Å². The number of hydrogen-bond donors (Lipinski definition) is 0. The Balaban J connectivity index is 0.00000161. The van der Waals surface area contributed by atoms with Gasteiger partial charge in [0.2, 0.25) is 11.8 Å². The van der Waals surface area contributed by atoms with E-state index in [1.54, 1.807) is 4.90 Å². The predicted molar refractivity (Wildman–Crippen MR) is 92.3 cm³/mol. The maximum Gasteiger partial charge on any atom is 0.229 e. The van der Waals surface area contributed by atoms with Crippen molar-refractivity contribution in [2.45, 2.75) is 57.4 Å². The summed E-state index contributed by atoms with van der Waals surface area (Å²) in [5, 5.41) is 0. The van der Waals surface area contributed by atoms with E-state index in [0.717, 1.165) is 6.42 Å². The third-order valence-electron chi connectivity index (χ3n) is 5.81. The highest BCUT2D eigenvalue weighted by atomic mass is 127. The first kappa shape index (κ1) is 17.2. The lowest BCUT2D eigenvalue weighted by Crippen LogP contribution is -2.62. The summed E-state index contributed by atoms with van der Waals surface area (Å²) < 4.78 is 1.18. The molecule has 3 rings (SSSR count). The number of hydrogen-bond acceptors (Lipinski definition) is 2. The summed E-state index contributed by atoms with van der Waals surface area (Å²) in [7, 11) is 2.38. The molecule has 3 unspecified atom stereocenters. The minimum atomic E-state index is 0. The van der Waals surface area contributed by atoms with E-state index in [4.69, 9.17) is 0 Å². The molecule has 0 aromatic rings. The summed E-state index contributed by atoms with van der Waals surface area (Å²) in [4.78, 5) is 25.6. The molecule has 4 nitrogen and oxygen atoms in total. The Kier molecular flexibility index (Phi) is 5.68. The van der Waals surface area contributed by atoms with Crippen LogP contribution in [0, 0.1) is 5.92 Å². The molecule has 3 atom stereocenters. The number of quaternary nitrogens is 1. The van der Waals surface area contributed by atoms with Gasteiger partial charge in [0, 0.05) is 31.7 Å². The highest BCUT2D eigenvalue weighted by Gasteiger charge is 2.45. The topological polar surface area (TPSA) is 37.4 Å². The van der Waals surface area contributed by atoms with E-state index >= 15 is 0 Å². The number of imide groups is 1. The largest absolute Gasteiger partial charge is 0.323 e. The molecule has 5 heteroatoms. The molecule has 0 N–H and O–H groups in total. The summed E-state index contributed by atoms with van der Waals surface area (Å²) in [6, 6.07) is 0.667. The van der Waals surface area contributed by atoms with Crippen LogP contribution in [0.3, 0.4) is 0 Å². The van der Waals surface area contributed by atoms with Crippen molar-refractivity contribution in [2.75, 3.05) is 26.7 Å². The van der Waals surface area contributed by atoms with Gasteiger partial charge in [0.1, 0.15) is 0 Å². The molecule has 0 bridgehead atoms. The zero-order chi connectivity index (χ0) is 14.2. The number of amides is 2. The highest BCUT2D eigenvalue weighted by molar-refractivity contribution is 14.0. The summed E-state index contributed by atoms with van der Waals surface area (Å²) in [6.07, 6.45) is 8.24. The van der Waals surface area contributed by atoms with Crippen molar-refractivity contribution in [3.05, 3.63) is 0 Å². The van der Waals surface area contributed by atoms with Crippen molar-refractivity contribution in [3.8, 4) is 0 Å². The smallest absolute Gasteiger partial charge is 0.229 e. The Hall–Kier alpha value is -0.170. The van der Waals surface area contributed by atoms with Crippen molar-refractivity contribution in [3.63, 3.8) is 0 Å². The molecule has 3 heterocycles. The number of likely N-dealkylation sites (tertiary alicyclic amines) is 1. The lowest BCUT2D eigenvalue weighted by molar-refractivity contribution is -0.947. The molecule has 0 spiro atoms. The number of rotatable bonds is 2. The third-order valence-corrected chi connectivity index (χ3v) is 5.81. The number of carbonyl (C=O) groups excluding carboxylic acids is 2. The normalized spacial score (nSPS) is 36.9. The minimum Gasteiger partial charge on any atom is -0.323 e. The molecule has 3 saturated heterocycles. The van der Waals surface area contributed by atoms with Crippen LogP contribution < -0.4 is 0 Å². The van der Waals surface area contributed by atoms with E-state index in [9.17, 15) is 9.59 Å². The fourth-order valence-corrected chi connectivity index (χ4v) is 4.68. The maximum atomic E-state index is 12.0. The summed E-state index contributed by atoms with van der Waals surface area (Å²) in [6.45, 7) is 3.25. The minimum absolute atomic E-state index is 0. The Labute approximate surface area is 144 Å². The first-order valence-corrected chi connectivity index (χ1v) is 8.27. The van der Waals surface area contributed by atoms with Gasteiger partial charge in [-0.15, -0.1) is 24.0 Å². The van der Waals surface area contributed by atoms with Crippen molar-refractivity contribution < 1.29 is 14.1 Å². The Bertz CT molecular complexity index is 395. The fourth-order valence-electron chi connectivity index (χ4n) is 4.68. The molecule has 21 heavy (non-hydrogen) atoms. The first-order valence-electron chi connectivity index (χ1n) is 8.27. The molecule has 0 aromatic heterocycles. The van der Waals surface area contributed by atoms with E-state index in [1.807, 2.05) is 0 Å². The van der Waals surface area contributed by atoms with Crippen LogP contribution in [-0.2, 0) is 9.59 Å². The number of halogens is 1. The standard InChI is InChI=1S/C16H27N2O2.HI/c1-18-10-3-2-7-14(18)13(6-5-11-18)12-17-15(19)8-4-9-16(17)20;/h13-14H,2-12H2,1H3;1H/q+1;. The quantitative estimate of drug-likeness (QED) is 0.401. The number of carbonyl (C=O) groups is 2. The van der Waals surface area contributed by atoms with Crippen LogP contribution in [0.15, 0.2) is 0 Å². The van der Waals surface area contributed by atoms with Gasteiger partial charge in [0.25, 0.3) is 0 Å². The predicted octanol–water partition coefficient (Wildman–Crippen LogP) is 2.55. The molecule has 0 aromatic carbocycles. The van der Waals surface area contributed by atoms with Crippen LogP contribution in [-0.4, -0.2) is 53.9 Å². The first-order chi connectivity index (χ1) is 9.60. The Morgan fingerprint density at radius 1 is 1.00 bits per heavy atom. The lowest BCUT2D eigenvalue weighted by atomic mass is 9.81. The van der Waals surface area contributed by atoms with Gasteiger partial charge in [-0.1, -0.05) is 0 Å². The van der Waals surface area contributed by atoms with E-state index in [1.165, 1.54) is 49.7 Å². The fraction of sp³-hybridized carbons (Fsp3) is 0.875. The summed E-state index contributed by atoms with van der Waals surface area (Å²) >= 11 is 0. The van der Waals surface area contributed by atoms with Crippen LogP contribution in [0.2, 0.25) is 0 Å². The molecular weight excluding hydrogens is 379 g/mol. The second kappa shape index (κ2) is 6.94. The third kappa shape index (κ3) is 3.44. The Morgan fingerprint density at radius 2 is 1.67 bits per heavy atom. The van der Waals surface area contributed by atoms with Crippen LogP contribution in [0.4, 0.5) is 0 Å². The SMILES string of the molecule is C[N+]12CCCCC1C(CN1C(=O)CCCC1=O)CCC2.I. The van der Waals surface area contributed by atoms with Crippen molar-refractivity contribution >= 4 is 35.8 Å². The molecule has 0 aliphatic carbocycles. The van der Waals surface area contributed by atoms with Crippen LogP contribution in [0.5, 0.6) is 0 Å². The van der Waals surface area contributed by atoms with Gasteiger partial charge in [0.05, 0.1) is 26.2 Å². The van der Waals surface area contributed by atoms with Gasteiger partial charge in [-0.25, -0.2) is 0 Å². The van der Waals surface area contributed by atoms with Gasteiger partial charge in [-0.05, 0) is 32.1 Å². The number of nitrogens with zero attached hydrogens (tertiary/aromatic N) is 2. The van der Waals surface area contributed by atoms with Crippen LogP contribution >= 0.6 is 24.0 Å². The molecule has 3 aliphatic heterocycles. The van der Waals surface area contributed by atoms with E-state index < -0.39 is 0 Å². The lowest BCUT2D eigenvalue weighted by Gasteiger charge is -2.51.